The number of carbonyl (C=O) groups is 2. The van der Waals surface area contributed by atoms with E-state index >= 15 is 0 Å². The van der Waals surface area contributed by atoms with Crippen LogP contribution in [0.25, 0.3) is 0 Å². The number of hydrogen-bond acceptors (Lipinski definition) is 3. The van der Waals surface area contributed by atoms with Gasteiger partial charge in [-0.3, -0.25) is 9.59 Å². The number of ketones is 1. The molecule has 0 aromatic carbocycles. The fraction of sp³-hybridized carbons (Fsp3) is 0.778. The molecule has 0 heterocycles. The lowest BCUT2D eigenvalue weighted by atomic mass is 9.82. The number of rotatable bonds is 6. The molecule has 76 valence electrons. The first-order valence-electron chi connectivity index (χ1n) is 4.20. The summed E-state index contributed by atoms with van der Waals surface area (Å²) >= 11 is 0. The fourth-order valence-electron chi connectivity index (χ4n) is 1.07. The van der Waals surface area contributed by atoms with Crippen LogP contribution >= 0.6 is 0 Å². The maximum absolute atomic E-state index is 11.2. The Labute approximate surface area is 78.4 Å². The largest absolute Gasteiger partial charge is 0.384 e. The number of ether oxygens (including phenoxy) is 1. The average molecular weight is 187 g/mol. The minimum atomic E-state index is -0.580. The van der Waals surface area contributed by atoms with Crippen molar-refractivity contribution in [3.63, 3.8) is 0 Å². The van der Waals surface area contributed by atoms with Gasteiger partial charge in [0.2, 0.25) is 5.91 Å². The molecular formula is C9H17NO3. The van der Waals surface area contributed by atoms with Crippen molar-refractivity contribution in [2.75, 3.05) is 13.7 Å². The Kier molecular flexibility index (Phi) is 4.62. The summed E-state index contributed by atoms with van der Waals surface area (Å²) in [4.78, 5) is 21.8. The smallest absolute Gasteiger partial charge is 0.217 e. The SMILES string of the molecule is COCC(C)(CCC(N)=O)C(C)=O. The van der Waals surface area contributed by atoms with Gasteiger partial charge in [-0.25, -0.2) is 0 Å². The van der Waals surface area contributed by atoms with Crippen LogP contribution in [0.3, 0.4) is 0 Å². The second-order valence-electron chi connectivity index (χ2n) is 3.52. The van der Waals surface area contributed by atoms with E-state index < -0.39 is 5.41 Å². The van der Waals surface area contributed by atoms with Gasteiger partial charge in [0.1, 0.15) is 5.78 Å². The van der Waals surface area contributed by atoms with Crippen molar-refractivity contribution in [3.8, 4) is 0 Å². The topological polar surface area (TPSA) is 69.4 Å². The van der Waals surface area contributed by atoms with E-state index in [0.29, 0.717) is 13.0 Å². The van der Waals surface area contributed by atoms with E-state index in [1.54, 1.807) is 6.92 Å². The van der Waals surface area contributed by atoms with Crippen LogP contribution in [0.2, 0.25) is 0 Å². The third-order valence-electron chi connectivity index (χ3n) is 2.24. The average Bonchev–Trinajstić information content (AvgIpc) is 2.01. The normalized spacial score (nSPS) is 15.0. The molecule has 0 fully saturated rings. The van der Waals surface area contributed by atoms with Gasteiger partial charge in [0.25, 0.3) is 0 Å². The highest BCUT2D eigenvalue weighted by Gasteiger charge is 2.29. The third kappa shape index (κ3) is 4.03. The monoisotopic (exact) mass is 187 g/mol. The summed E-state index contributed by atoms with van der Waals surface area (Å²) in [5, 5.41) is 0. The molecule has 13 heavy (non-hydrogen) atoms. The first-order valence-corrected chi connectivity index (χ1v) is 4.20. The maximum atomic E-state index is 11.2. The van der Waals surface area contributed by atoms with E-state index in [2.05, 4.69) is 0 Å². The van der Waals surface area contributed by atoms with Crippen molar-refractivity contribution < 1.29 is 14.3 Å². The summed E-state index contributed by atoms with van der Waals surface area (Å²) in [6.07, 6.45) is 0.672. The molecule has 0 aromatic heterocycles. The van der Waals surface area contributed by atoms with Crippen molar-refractivity contribution >= 4 is 11.7 Å². The molecule has 0 aliphatic heterocycles. The molecular weight excluding hydrogens is 170 g/mol. The Hall–Kier alpha value is -0.900. The fourth-order valence-corrected chi connectivity index (χ4v) is 1.07. The van der Waals surface area contributed by atoms with E-state index in [0.717, 1.165) is 0 Å². The molecule has 1 atom stereocenters. The summed E-state index contributed by atoms with van der Waals surface area (Å²) in [6.45, 7) is 3.61. The molecule has 1 amide bonds. The van der Waals surface area contributed by atoms with Crippen LogP contribution in [0.4, 0.5) is 0 Å². The van der Waals surface area contributed by atoms with Gasteiger partial charge in [-0.05, 0) is 13.3 Å². The summed E-state index contributed by atoms with van der Waals surface area (Å²) in [6, 6.07) is 0. The Bertz CT molecular complexity index is 203. The molecule has 0 bridgehead atoms. The van der Waals surface area contributed by atoms with Crippen LogP contribution in [-0.2, 0) is 14.3 Å². The Morgan fingerprint density at radius 3 is 2.31 bits per heavy atom. The zero-order valence-corrected chi connectivity index (χ0v) is 8.42. The van der Waals surface area contributed by atoms with Crippen molar-refractivity contribution in [1.82, 2.24) is 0 Å². The molecule has 0 aliphatic rings. The predicted octanol–water partition coefficient (Wildman–Crippen LogP) is 0.494. The number of amides is 1. The van der Waals surface area contributed by atoms with E-state index in [4.69, 9.17) is 10.5 Å². The van der Waals surface area contributed by atoms with Crippen molar-refractivity contribution in [1.29, 1.82) is 0 Å². The summed E-state index contributed by atoms with van der Waals surface area (Å²) in [7, 11) is 1.53. The molecule has 4 nitrogen and oxygen atoms in total. The van der Waals surface area contributed by atoms with Crippen LogP contribution in [0, 0.1) is 5.41 Å². The summed E-state index contributed by atoms with van der Waals surface area (Å²) in [5.74, 6) is -0.362. The Balaban J connectivity index is 4.24. The summed E-state index contributed by atoms with van der Waals surface area (Å²) < 4.78 is 4.93. The third-order valence-corrected chi connectivity index (χ3v) is 2.24. The number of nitrogens with two attached hydrogens (primary N) is 1. The first kappa shape index (κ1) is 12.1. The van der Waals surface area contributed by atoms with Crippen LogP contribution in [0.5, 0.6) is 0 Å². The van der Waals surface area contributed by atoms with Crippen LogP contribution in [0.1, 0.15) is 26.7 Å². The van der Waals surface area contributed by atoms with Crippen molar-refractivity contribution in [3.05, 3.63) is 0 Å². The number of hydrogen-bond donors (Lipinski definition) is 1. The molecule has 0 aromatic rings. The van der Waals surface area contributed by atoms with Gasteiger partial charge in [0, 0.05) is 18.9 Å². The van der Waals surface area contributed by atoms with Gasteiger partial charge in [0.05, 0.1) is 6.61 Å². The molecule has 0 saturated carbocycles. The highest BCUT2D eigenvalue weighted by Crippen LogP contribution is 2.24. The van der Waals surface area contributed by atoms with E-state index in [1.807, 2.05) is 0 Å². The van der Waals surface area contributed by atoms with E-state index in [9.17, 15) is 9.59 Å². The lowest BCUT2D eigenvalue weighted by molar-refractivity contribution is -0.129. The second kappa shape index (κ2) is 4.97. The van der Waals surface area contributed by atoms with Gasteiger partial charge in [-0.2, -0.15) is 0 Å². The minimum Gasteiger partial charge on any atom is -0.384 e. The highest BCUT2D eigenvalue weighted by molar-refractivity contribution is 5.83. The quantitative estimate of drug-likeness (QED) is 0.658. The lowest BCUT2D eigenvalue weighted by Gasteiger charge is -2.24. The van der Waals surface area contributed by atoms with E-state index in [-0.39, 0.29) is 18.1 Å². The molecule has 0 radical (unpaired) electrons. The highest BCUT2D eigenvalue weighted by atomic mass is 16.5. The zero-order valence-electron chi connectivity index (χ0n) is 8.42. The van der Waals surface area contributed by atoms with Crippen LogP contribution < -0.4 is 5.73 Å². The predicted molar refractivity (Wildman–Crippen MR) is 49.1 cm³/mol. The number of primary amides is 1. The molecule has 0 aliphatic carbocycles. The zero-order chi connectivity index (χ0) is 10.5. The first-order chi connectivity index (χ1) is 5.92. The molecule has 2 N–H and O–H groups in total. The Morgan fingerprint density at radius 2 is 2.00 bits per heavy atom. The molecule has 0 spiro atoms. The van der Waals surface area contributed by atoms with Gasteiger partial charge in [-0.15, -0.1) is 0 Å². The maximum Gasteiger partial charge on any atom is 0.217 e. The van der Waals surface area contributed by atoms with Crippen LogP contribution in [-0.4, -0.2) is 25.4 Å². The van der Waals surface area contributed by atoms with Crippen molar-refractivity contribution in [2.24, 2.45) is 11.1 Å². The number of carbonyl (C=O) groups excluding carboxylic acids is 2. The van der Waals surface area contributed by atoms with E-state index in [1.165, 1.54) is 14.0 Å². The Morgan fingerprint density at radius 1 is 1.46 bits per heavy atom. The second-order valence-corrected chi connectivity index (χ2v) is 3.52. The molecule has 1 unspecified atom stereocenters. The van der Waals surface area contributed by atoms with Crippen molar-refractivity contribution in [2.45, 2.75) is 26.7 Å². The molecule has 0 rings (SSSR count). The number of Topliss-reactive ketones (excluding diaryl/α,β-unsaturated/α-hetero) is 1. The molecule has 0 saturated heterocycles. The van der Waals surface area contributed by atoms with Gasteiger partial charge >= 0.3 is 0 Å². The lowest BCUT2D eigenvalue weighted by Crippen LogP contribution is -2.32. The number of methoxy groups -OCH3 is 1. The van der Waals surface area contributed by atoms with Crippen LogP contribution in [0.15, 0.2) is 0 Å². The van der Waals surface area contributed by atoms with Gasteiger partial charge < -0.3 is 10.5 Å². The standard InChI is InChI=1S/C9H17NO3/c1-7(11)9(2,6-13-3)5-4-8(10)12/h4-6H2,1-3H3,(H2,10,12). The van der Waals surface area contributed by atoms with Gasteiger partial charge in [0.15, 0.2) is 0 Å². The molecule has 4 heteroatoms. The minimum absolute atomic E-state index is 0.0237. The van der Waals surface area contributed by atoms with Gasteiger partial charge in [-0.1, -0.05) is 6.92 Å². The summed E-state index contributed by atoms with van der Waals surface area (Å²) in [5.41, 5.74) is 4.43.